The summed E-state index contributed by atoms with van der Waals surface area (Å²) in [5, 5.41) is 4.33. The molecule has 0 bridgehead atoms. The Morgan fingerprint density at radius 3 is 0.812 bits per heavy atom. The molecule has 0 aliphatic carbocycles. The first kappa shape index (κ1) is 37.1. The van der Waals surface area contributed by atoms with Crippen LogP contribution in [-0.4, -0.2) is 24.9 Å². The quantitative estimate of drug-likeness (QED) is 0.150. The summed E-state index contributed by atoms with van der Waals surface area (Å²) >= 11 is 0. The second kappa shape index (κ2) is 15.7. The molecule has 5 nitrogen and oxygen atoms in total. The number of hydrogen-bond donors (Lipinski definition) is 0. The van der Waals surface area contributed by atoms with Crippen molar-refractivity contribution in [1.82, 2.24) is 24.9 Å². The van der Waals surface area contributed by atoms with Crippen LogP contribution in [0.2, 0.25) is 0 Å². The Hall–Kier alpha value is -8.67. The molecule has 0 unspecified atom stereocenters. The van der Waals surface area contributed by atoms with E-state index in [9.17, 15) is 0 Å². The maximum Gasteiger partial charge on any atom is 0.164 e. The van der Waals surface area contributed by atoms with Crippen molar-refractivity contribution in [1.29, 1.82) is 0 Å². The van der Waals surface area contributed by atoms with Gasteiger partial charge in [-0.1, -0.05) is 164 Å². The molecule has 0 amide bonds. The molecule has 3 aromatic heterocycles. The SMILES string of the molecule is c1ccc(-c2cc(-c3nc(-c4ccccc4)nc(-c4cc(-c5ccccc5)cc(-c5c6ccccc6nc6ccccc56)c4)n3)cc(-c3c4ccccc4nc4ccccc34)c2)cc1. The van der Waals surface area contributed by atoms with E-state index >= 15 is 0 Å². The van der Waals surface area contributed by atoms with Gasteiger partial charge in [-0.15, -0.1) is 0 Å². The summed E-state index contributed by atoms with van der Waals surface area (Å²) < 4.78 is 0. The summed E-state index contributed by atoms with van der Waals surface area (Å²) in [4.78, 5) is 26.2. The van der Waals surface area contributed by atoms with E-state index < -0.39 is 0 Å². The van der Waals surface area contributed by atoms with Crippen LogP contribution in [-0.2, 0) is 0 Å². The van der Waals surface area contributed by atoms with Gasteiger partial charge < -0.3 is 0 Å². The molecule has 0 aliphatic rings. The first-order valence-corrected chi connectivity index (χ1v) is 21.5. The molecule has 12 aromatic rings. The van der Waals surface area contributed by atoms with Gasteiger partial charge in [0.2, 0.25) is 0 Å². The lowest BCUT2D eigenvalue weighted by Crippen LogP contribution is -2.01. The van der Waals surface area contributed by atoms with Crippen LogP contribution < -0.4 is 0 Å². The highest BCUT2D eigenvalue weighted by Gasteiger charge is 2.20. The van der Waals surface area contributed by atoms with Crippen molar-refractivity contribution in [2.24, 2.45) is 0 Å². The molecule has 0 radical (unpaired) electrons. The van der Waals surface area contributed by atoms with Gasteiger partial charge in [0.05, 0.1) is 22.1 Å². The minimum atomic E-state index is 0.581. The second-order valence-electron chi connectivity index (χ2n) is 16.0. The molecule has 64 heavy (non-hydrogen) atoms. The largest absolute Gasteiger partial charge is 0.248 e. The standard InChI is InChI=1S/C59H37N5/c1-4-18-38(19-5-1)41-32-43(55-47-24-10-14-28-51(47)60-52-29-15-11-25-48(52)55)36-45(34-41)58-62-57(40-22-8-3-9-23-40)63-59(64-58)46-35-42(39-20-6-2-7-21-39)33-44(37-46)56-49-26-12-16-30-53(49)61-54-31-17-13-27-50(54)56/h1-37H. The summed E-state index contributed by atoms with van der Waals surface area (Å²) in [7, 11) is 0. The summed E-state index contributed by atoms with van der Waals surface area (Å²) in [5.41, 5.74) is 15.1. The van der Waals surface area contributed by atoms with Gasteiger partial charge in [0.1, 0.15) is 0 Å². The van der Waals surface area contributed by atoms with E-state index in [-0.39, 0.29) is 0 Å². The Balaban J connectivity index is 1.14. The molecule has 0 saturated heterocycles. The van der Waals surface area contributed by atoms with Crippen LogP contribution in [0.3, 0.4) is 0 Å². The molecule has 12 rings (SSSR count). The second-order valence-corrected chi connectivity index (χ2v) is 16.0. The number of pyridine rings is 2. The maximum atomic E-state index is 5.44. The highest BCUT2D eigenvalue weighted by Crippen LogP contribution is 2.42. The molecule has 0 saturated carbocycles. The number of fused-ring (bicyclic) bond motifs is 4. The fourth-order valence-corrected chi connectivity index (χ4v) is 9.05. The molecule has 5 heteroatoms. The van der Waals surface area contributed by atoms with Gasteiger partial charge in [-0.2, -0.15) is 0 Å². The fraction of sp³-hybridized carbons (Fsp3) is 0. The van der Waals surface area contributed by atoms with Crippen molar-refractivity contribution in [2.75, 3.05) is 0 Å². The monoisotopic (exact) mass is 815 g/mol. The van der Waals surface area contributed by atoms with Gasteiger partial charge in [0.15, 0.2) is 17.5 Å². The Kier molecular flexibility index (Phi) is 9.08. The average Bonchev–Trinajstić information content (AvgIpc) is 3.37. The molecule has 0 spiro atoms. The first-order valence-electron chi connectivity index (χ1n) is 21.5. The van der Waals surface area contributed by atoms with Gasteiger partial charge in [-0.05, 0) is 94.0 Å². The van der Waals surface area contributed by atoms with E-state index in [1.54, 1.807) is 0 Å². The Morgan fingerprint density at radius 2 is 0.453 bits per heavy atom. The molecular weight excluding hydrogens is 779 g/mol. The lowest BCUT2D eigenvalue weighted by molar-refractivity contribution is 1.07. The van der Waals surface area contributed by atoms with E-state index in [4.69, 9.17) is 24.9 Å². The van der Waals surface area contributed by atoms with Gasteiger partial charge in [-0.3, -0.25) is 0 Å². The molecule has 0 aliphatic heterocycles. The predicted molar refractivity (Wildman–Crippen MR) is 263 cm³/mol. The smallest absolute Gasteiger partial charge is 0.164 e. The fourth-order valence-electron chi connectivity index (χ4n) is 9.05. The highest BCUT2D eigenvalue weighted by atomic mass is 15.0. The third-order valence-corrected chi connectivity index (χ3v) is 12.0. The van der Waals surface area contributed by atoms with E-state index in [0.717, 1.165) is 105 Å². The zero-order chi connectivity index (χ0) is 42.4. The lowest BCUT2D eigenvalue weighted by atomic mass is 9.91. The topological polar surface area (TPSA) is 64.5 Å². The molecule has 3 heterocycles. The van der Waals surface area contributed by atoms with Crippen LogP contribution in [0.25, 0.3) is 122 Å². The van der Waals surface area contributed by atoms with Crippen molar-refractivity contribution >= 4 is 43.6 Å². The van der Waals surface area contributed by atoms with Crippen LogP contribution in [0.1, 0.15) is 0 Å². The van der Waals surface area contributed by atoms with Gasteiger partial charge in [-0.25, -0.2) is 24.9 Å². The van der Waals surface area contributed by atoms with E-state index in [2.05, 4.69) is 206 Å². The van der Waals surface area contributed by atoms with Crippen LogP contribution in [0, 0.1) is 0 Å². The summed E-state index contributed by atoms with van der Waals surface area (Å²) in [5.74, 6) is 1.76. The van der Waals surface area contributed by atoms with Crippen LogP contribution in [0.4, 0.5) is 0 Å². The third kappa shape index (κ3) is 6.73. The van der Waals surface area contributed by atoms with Crippen molar-refractivity contribution in [3.8, 4) is 78.7 Å². The summed E-state index contributed by atoms with van der Waals surface area (Å²) in [6, 6.07) is 78.3. The van der Waals surface area contributed by atoms with Crippen LogP contribution >= 0.6 is 0 Å². The molecule has 0 fully saturated rings. The molecule has 298 valence electrons. The third-order valence-electron chi connectivity index (χ3n) is 12.0. The minimum absolute atomic E-state index is 0.581. The number of rotatable bonds is 7. The van der Waals surface area contributed by atoms with E-state index in [1.807, 2.05) is 18.2 Å². The zero-order valence-corrected chi connectivity index (χ0v) is 34.6. The average molecular weight is 816 g/mol. The minimum Gasteiger partial charge on any atom is -0.248 e. The number of hydrogen-bond acceptors (Lipinski definition) is 5. The highest BCUT2D eigenvalue weighted by molar-refractivity contribution is 6.11. The number of benzene rings is 9. The Labute approximate surface area is 370 Å². The van der Waals surface area contributed by atoms with Crippen molar-refractivity contribution in [3.05, 3.63) is 224 Å². The number of aromatic nitrogens is 5. The van der Waals surface area contributed by atoms with Gasteiger partial charge in [0, 0.05) is 49.4 Å². The van der Waals surface area contributed by atoms with Crippen molar-refractivity contribution in [3.63, 3.8) is 0 Å². The zero-order valence-electron chi connectivity index (χ0n) is 34.6. The van der Waals surface area contributed by atoms with Crippen molar-refractivity contribution in [2.45, 2.75) is 0 Å². The van der Waals surface area contributed by atoms with Crippen LogP contribution in [0.15, 0.2) is 224 Å². The van der Waals surface area contributed by atoms with Gasteiger partial charge >= 0.3 is 0 Å². The molecule has 0 N–H and O–H groups in total. The first-order chi connectivity index (χ1) is 31.7. The predicted octanol–water partition coefficient (Wildman–Crippen LogP) is 14.9. The van der Waals surface area contributed by atoms with E-state index in [1.165, 1.54) is 0 Å². The molecule has 9 aromatic carbocycles. The molecular formula is C59H37N5. The van der Waals surface area contributed by atoms with E-state index in [0.29, 0.717) is 17.5 Å². The van der Waals surface area contributed by atoms with Crippen LogP contribution in [0.5, 0.6) is 0 Å². The van der Waals surface area contributed by atoms with Crippen molar-refractivity contribution < 1.29 is 0 Å². The normalized spacial score (nSPS) is 11.4. The van der Waals surface area contributed by atoms with Gasteiger partial charge in [0.25, 0.3) is 0 Å². The molecule has 0 atom stereocenters. The Morgan fingerprint density at radius 1 is 0.188 bits per heavy atom. The summed E-state index contributed by atoms with van der Waals surface area (Å²) in [6.45, 7) is 0. The number of para-hydroxylation sites is 4. The Bertz CT molecular complexity index is 3390. The number of nitrogens with zero attached hydrogens (tertiary/aromatic N) is 5. The maximum absolute atomic E-state index is 5.44. The lowest BCUT2D eigenvalue weighted by Gasteiger charge is -2.16. The summed E-state index contributed by atoms with van der Waals surface area (Å²) in [6.07, 6.45) is 0.